The average Bonchev–Trinajstić information content (AvgIpc) is 3.30. The number of benzene rings is 3. The van der Waals surface area contributed by atoms with Gasteiger partial charge >= 0.3 is 5.97 Å². The predicted octanol–water partition coefficient (Wildman–Crippen LogP) is 4.12. The molecule has 0 unspecified atom stereocenters. The fourth-order valence-electron chi connectivity index (χ4n) is 3.72. The van der Waals surface area contributed by atoms with Crippen molar-refractivity contribution in [2.75, 3.05) is 6.61 Å². The van der Waals surface area contributed by atoms with Crippen LogP contribution in [-0.2, 0) is 27.8 Å². The van der Waals surface area contributed by atoms with E-state index < -0.39 is 22.0 Å². The number of nitrogens with one attached hydrogen (secondary N) is 2. The Morgan fingerprint density at radius 1 is 1.03 bits per heavy atom. The molecule has 0 aliphatic rings. The SMILES string of the molecule is CC#CCOc1ccc(S(=O)(=O)N[C@@H](Cc2c[nH]c3ccc(OCc4ccccc4)cc23)C(=O)O)cc1. The molecule has 4 aromatic rings. The third-order valence-corrected chi connectivity index (χ3v) is 7.12. The molecule has 0 aliphatic carbocycles. The number of aromatic nitrogens is 1. The Labute approximate surface area is 215 Å². The van der Waals surface area contributed by atoms with E-state index in [1.165, 1.54) is 24.3 Å². The van der Waals surface area contributed by atoms with Gasteiger partial charge in [0, 0.05) is 23.5 Å². The van der Waals surface area contributed by atoms with Crippen molar-refractivity contribution in [3.63, 3.8) is 0 Å². The molecule has 0 amide bonds. The lowest BCUT2D eigenvalue weighted by atomic mass is 10.1. The van der Waals surface area contributed by atoms with Crippen LogP contribution < -0.4 is 14.2 Å². The number of carboxylic acid groups (broad SMARTS) is 1. The summed E-state index contributed by atoms with van der Waals surface area (Å²) in [7, 11) is -4.10. The van der Waals surface area contributed by atoms with E-state index in [1.54, 1.807) is 13.1 Å². The van der Waals surface area contributed by atoms with Crippen LogP contribution in [0.2, 0.25) is 0 Å². The van der Waals surface area contributed by atoms with Gasteiger partial charge in [-0.15, -0.1) is 5.92 Å². The van der Waals surface area contributed by atoms with Gasteiger partial charge in [-0.2, -0.15) is 4.72 Å². The summed E-state index contributed by atoms with van der Waals surface area (Å²) in [4.78, 5) is 15.0. The molecule has 190 valence electrons. The quantitative estimate of drug-likeness (QED) is 0.257. The topological polar surface area (TPSA) is 118 Å². The second kappa shape index (κ2) is 11.6. The van der Waals surface area contributed by atoms with E-state index in [-0.39, 0.29) is 17.9 Å². The number of aromatic amines is 1. The fourth-order valence-corrected chi connectivity index (χ4v) is 4.91. The standard InChI is InChI=1S/C28H26N2O6S/c1-2-3-15-35-22-9-12-24(13-10-22)37(33,34)30-27(28(31)32)16-21-18-29-26-14-11-23(17-25(21)26)36-19-20-7-5-4-6-8-20/h4-14,17-18,27,29-30H,15-16,19H2,1H3,(H,31,32)/t27-/m0/s1. The molecule has 37 heavy (non-hydrogen) atoms. The first-order valence-electron chi connectivity index (χ1n) is 11.5. The highest BCUT2D eigenvalue weighted by Gasteiger charge is 2.26. The van der Waals surface area contributed by atoms with Crippen LogP contribution in [-0.4, -0.2) is 37.1 Å². The largest absolute Gasteiger partial charge is 0.489 e. The highest BCUT2D eigenvalue weighted by Crippen LogP contribution is 2.26. The number of carboxylic acids is 1. The minimum Gasteiger partial charge on any atom is -0.489 e. The van der Waals surface area contributed by atoms with Gasteiger partial charge in [0.25, 0.3) is 0 Å². The molecule has 1 atom stereocenters. The van der Waals surface area contributed by atoms with Crippen LogP contribution in [0.4, 0.5) is 0 Å². The lowest BCUT2D eigenvalue weighted by Crippen LogP contribution is -2.42. The molecule has 0 spiro atoms. The zero-order valence-electron chi connectivity index (χ0n) is 20.1. The van der Waals surface area contributed by atoms with Gasteiger partial charge < -0.3 is 19.6 Å². The van der Waals surface area contributed by atoms with Crippen LogP contribution in [0.25, 0.3) is 10.9 Å². The van der Waals surface area contributed by atoms with Gasteiger partial charge in [0.1, 0.15) is 30.8 Å². The molecule has 0 bridgehead atoms. The number of H-pyrrole nitrogens is 1. The number of aliphatic carboxylic acids is 1. The van der Waals surface area contributed by atoms with Crippen molar-refractivity contribution < 1.29 is 27.8 Å². The van der Waals surface area contributed by atoms with Crippen molar-refractivity contribution in [1.82, 2.24) is 9.71 Å². The number of hydrogen-bond donors (Lipinski definition) is 3. The molecule has 3 N–H and O–H groups in total. The van der Waals surface area contributed by atoms with Crippen LogP contribution >= 0.6 is 0 Å². The van der Waals surface area contributed by atoms with Crippen LogP contribution in [0.3, 0.4) is 0 Å². The molecule has 0 fully saturated rings. The molecule has 1 heterocycles. The van der Waals surface area contributed by atoms with Crippen molar-refractivity contribution in [3.8, 4) is 23.3 Å². The first-order chi connectivity index (χ1) is 17.9. The number of sulfonamides is 1. The number of ether oxygens (including phenoxy) is 2. The summed E-state index contributed by atoms with van der Waals surface area (Å²) in [5, 5.41) is 10.5. The summed E-state index contributed by atoms with van der Waals surface area (Å²) in [6, 6.07) is 19.5. The summed E-state index contributed by atoms with van der Waals surface area (Å²) in [5.41, 5.74) is 2.46. The summed E-state index contributed by atoms with van der Waals surface area (Å²) in [5.74, 6) is 5.25. The summed E-state index contributed by atoms with van der Waals surface area (Å²) in [6.45, 7) is 2.27. The maximum absolute atomic E-state index is 12.9. The third-order valence-electron chi connectivity index (χ3n) is 5.63. The molecular formula is C28H26N2O6S. The number of carbonyl (C=O) groups is 1. The molecule has 0 radical (unpaired) electrons. The number of rotatable bonds is 11. The van der Waals surface area contributed by atoms with Crippen LogP contribution in [0.5, 0.6) is 11.5 Å². The molecule has 3 aromatic carbocycles. The molecule has 4 rings (SSSR count). The Balaban J connectivity index is 1.48. The first kappa shape index (κ1) is 25.8. The third kappa shape index (κ3) is 6.70. The van der Waals surface area contributed by atoms with Gasteiger partial charge in [0.05, 0.1) is 4.90 Å². The summed E-state index contributed by atoms with van der Waals surface area (Å²) >= 11 is 0. The molecule has 0 saturated carbocycles. The van der Waals surface area contributed by atoms with E-state index >= 15 is 0 Å². The zero-order chi connectivity index (χ0) is 26.3. The summed E-state index contributed by atoms with van der Waals surface area (Å²) < 4.78 is 39.4. The van der Waals surface area contributed by atoms with Gasteiger partial charge in [0.2, 0.25) is 10.0 Å². The maximum atomic E-state index is 12.9. The zero-order valence-corrected chi connectivity index (χ0v) is 20.9. The molecule has 9 heteroatoms. The highest BCUT2D eigenvalue weighted by molar-refractivity contribution is 7.89. The monoisotopic (exact) mass is 518 g/mol. The van der Waals surface area contributed by atoms with Crippen molar-refractivity contribution >= 4 is 26.9 Å². The number of fused-ring (bicyclic) bond motifs is 1. The molecule has 0 saturated heterocycles. The normalized spacial score (nSPS) is 11.9. The Kier molecular flexibility index (Phi) is 8.13. The molecular weight excluding hydrogens is 492 g/mol. The minimum atomic E-state index is -4.10. The highest BCUT2D eigenvalue weighted by atomic mass is 32.2. The van der Waals surface area contributed by atoms with Gasteiger partial charge in [0.15, 0.2) is 0 Å². The molecule has 0 aliphatic heterocycles. The van der Waals surface area contributed by atoms with Crippen molar-refractivity contribution in [2.24, 2.45) is 0 Å². The molecule has 1 aromatic heterocycles. The second-order valence-corrected chi connectivity index (χ2v) is 9.91. The van der Waals surface area contributed by atoms with Gasteiger partial charge in [-0.3, -0.25) is 4.79 Å². The smallest absolute Gasteiger partial charge is 0.322 e. The van der Waals surface area contributed by atoms with Crippen molar-refractivity contribution in [1.29, 1.82) is 0 Å². The fraction of sp³-hybridized carbons (Fsp3) is 0.179. The molecule has 8 nitrogen and oxygen atoms in total. The lowest BCUT2D eigenvalue weighted by molar-refractivity contribution is -0.138. The second-order valence-electron chi connectivity index (χ2n) is 8.20. The van der Waals surface area contributed by atoms with E-state index in [9.17, 15) is 18.3 Å². The Morgan fingerprint density at radius 2 is 1.76 bits per heavy atom. The minimum absolute atomic E-state index is 0.0619. The Hall–Kier alpha value is -4.26. The van der Waals surface area contributed by atoms with Crippen LogP contribution in [0.1, 0.15) is 18.1 Å². The van der Waals surface area contributed by atoms with E-state index in [0.29, 0.717) is 23.7 Å². The van der Waals surface area contributed by atoms with Crippen molar-refractivity contribution in [2.45, 2.75) is 30.9 Å². The first-order valence-corrected chi connectivity index (χ1v) is 13.0. The van der Waals surface area contributed by atoms with E-state index in [4.69, 9.17) is 9.47 Å². The van der Waals surface area contributed by atoms with Gasteiger partial charge in [-0.25, -0.2) is 8.42 Å². The van der Waals surface area contributed by atoms with E-state index in [2.05, 4.69) is 21.5 Å². The number of hydrogen-bond acceptors (Lipinski definition) is 5. The van der Waals surface area contributed by atoms with Crippen molar-refractivity contribution in [3.05, 3.63) is 90.1 Å². The average molecular weight is 519 g/mol. The van der Waals surface area contributed by atoms with E-state index in [0.717, 1.165) is 16.5 Å². The van der Waals surface area contributed by atoms with Crippen LogP contribution in [0, 0.1) is 11.8 Å². The lowest BCUT2D eigenvalue weighted by Gasteiger charge is -2.15. The van der Waals surface area contributed by atoms with E-state index in [1.807, 2.05) is 48.5 Å². The Morgan fingerprint density at radius 3 is 2.46 bits per heavy atom. The Bertz CT molecular complexity index is 1530. The maximum Gasteiger partial charge on any atom is 0.322 e. The van der Waals surface area contributed by atoms with Gasteiger partial charge in [-0.1, -0.05) is 36.3 Å². The van der Waals surface area contributed by atoms with Crippen LogP contribution in [0.15, 0.2) is 83.9 Å². The summed E-state index contributed by atoms with van der Waals surface area (Å²) in [6.07, 6.45) is 1.62. The van der Waals surface area contributed by atoms with Gasteiger partial charge in [-0.05, 0) is 60.5 Å². The predicted molar refractivity (Wildman–Crippen MR) is 140 cm³/mol.